The molecule has 1 N–H and O–H groups in total. The summed E-state index contributed by atoms with van der Waals surface area (Å²) in [5, 5.41) is 4.51. The average Bonchev–Trinajstić information content (AvgIpc) is 2.56. The van der Waals surface area contributed by atoms with Gasteiger partial charge in [0, 0.05) is 10.6 Å². The van der Waals surface area contributed by atoms with Gasteiger partial charge in [-0.05, 0) is 55.0 Å². The molecule has 2 rings (SSSR count). The van der Waals surface area contributed by atoms with E-state index in [4.69, 9.17) is 21.1 Å². The lowest BCUT2D eigenvalue weighted by Gasteiger charge is -2.09. The third-order valence-corrected chi connectivity index (χ3v) is 3.23. The predicted octanol–water partition coefficient (Wildman–Crippen LogP) is 3.51. The van der Waals surface area contributed by atoms with Crippen molar-refractivity contribution in [1.29, 1.82) is 0 Å². The van der Waals surface area contributed by atoms with E-state index in [2.05, 4.69) is 10.5 Å². The fourth-order valence-electron chi connectivity index (χ4n) is 1.87. The number of carbonyl (C=O) groups is 1. The van der Waals surface area contributed by atoms with Crippen LogP contribution in [0.2, 0.25) is 5.02 Å². The average molecular weight is 333 g/mol. The third-order valence-electron chi connectivity index (χ3n) is 2.97. The number of nitrogens with one attached hydrogen (secondary N) is 1. The fraction of sp³-hybridized carbons (Fsp3) is 0.176. The second-order valence-corrected chi connectivity index (χ2v) is 4.99. The van der Waals surface area contributed by atoms with Crippen molar-refractivity contribution < 1.29 is 14.3 Å². The first-order valence-electron chi connectivity index (χ1n) is 7.04. The summed E-state index contributed by atoms with van der Waals surface area (Å²) in [5.74, 6) is 0.966. The lowest BCUT2D eigenvalue weighted by atomic mass is 10.2. The van der Waals surface area contributed by atoms with Crippen LogP contribution in [0.4, 0.5) is 0 Å². The normalized spacial score (nSPS) is 10.6. The molecule has 0 heterocycles. The van der Waals surface area contributed by atoms with Gasteiger partial charge in [0.05, 0.1) is 19.9 Å². The highest BCUT2D eigenvalue weighted by Gasteiger charge is 2.05. The Morgan fingerprint density at radius 3 is 2.61 bits per heavy atom. The molecule has 0 bridgehead atoms. The number of amides is 1. The first-order valence-corrected chi connectivity index (χ1v) is 7.41. The standard InChI is InChI=1S/C17H17ClN2O3/c1-3-23-15-9-4-12(10-16(15)22-2)11-19-20-17(21)13-5-7-14(18)8-6-13/h4-11H,3H2,1-2H3,(H,20,21)/b19-11+. The summed E-state index contributed by atoms with van der Waals surface area (Å²) in [6, 6.07) is 12.0. The van der Waals surface area contributed by atoms with Crippen LogP contribution in [-0.4, -0.2) is 25.8 Å². The smallest absolute Gasteiger partial charge is 0.271 e. The van der Waals surface area contributed by atoms with Crippen molar-refractivity contribution in [1.82, 2.24) is 5.43 Å². The highest BCUT2D eigenvalue weighted by atomic mass is 35.5. The van der Waals surface area contributed by atoms with E-state index in [9.17, 15) is 4.79 Å². The number of benzene rings is 2. The number of nitrogens with zero attached hydrogens (tertiary/aromatic N) is 1. The molecule has 2 aromatic rings. The van der Waals surface area contributed by atoms with Crippen molar-refractivity contribution in [3.8, 4) is 11.5 Å². The zero-order valence-electron chi connectivity index (χ0n) is 12.9. The summed E-state index contributed by atoms with van der Waals surface area (Å²) in [6.45, 7) is 2.46. The molecule has 5 nitrogen and oxygen atoms in total. The Labute approximate surface area is 139 Å². The van der Waals surface area contributed by atoms with Crippen LogP contribution in [0.15, 0.2) is 47.6 Å². The molecule has 0 unspecified atom stereocenters. The van der Waals surface area contributed by atoms with E-state index >= 15 is 0 Å². The van der Waals surface area contributed by atoms with Crippen molar-refractivity contribution in [3.63, 3.8) is 0 Å². The maximum atomic E-state index is 11.9. The molecule has 0 aliphatic heterocycles. The summed E-state index contributed by atoms with van der Waals surface area (Å²) in [6.07, 6.45) is 1.53. The van der Waals surface area contributed by atoms with E-state index < -0.39 is 0 Å². The van der Waals surface area contributed by atoms with Gasteiger partial charge in [0.1, 0.15) is 0 Å². The summed E-state index contributed by atoms with van der Waals surface area (Å²) >= 11 is 5.78. The highest BCUT2D eigenvalue weighted by molar-refractivity contribution is 6.30. The van der Waals surface area contributed by atoms with Crippen molar-refractivity contribution >= 4 is 23.7 Å². The molecule has 0 saturated carbocycles. The van der Waals surface area contributed by atoms with Crippen LogP contribution < -0.4 is 14.9 Å². The van der Waals surface area contributed by atoms with Crippen molar-refractivity contribution in [3.05, 3.63) is 58.6 Å². The summed E-state index contributed by atoms with van der Waals surface area (Å²) in [5.41, 5.74) is 3.72. The summed E-state index contributed by atoms with van der Waals surface area (Å²) in [4.78, 5) is 11.9. The Bertz CT molecular complexity index is 699. The summed E-state index contributed by atoms with van der Waals surface area (Å²) < 4.78 is 10.7. The van der Waals surface area contributed by atoms with Gasteiger partial charge in [-0.15, -0.1) is 0 Å². The van der Waals surface area contributed by atoms with E-state index in [0.29, 0.717) is 28.7 Å². The highest BCUT2D eigenvalue weighted by Crippen LogP contribution is 2.27. The van der Waals surface area contributed by atoms with Gasteiger partial charge >= 0.3 is 0 Å². The second-order valence-electron chi connectivity index (χ2n) is 4.55. The molecule has 0 saturated heterocycles. The molecule has 1 amide bonds. The number of hydrogen-bond donors (Lipinski definition) is 1. The number of rotatable bonds is 6. The lowest BCUT2D eigenvalue weighted by molar-refractivity contribution is 0.0955. The number of hydrazone groups is 1. The Morgan fingerprint density at radius 2 is 1.96 bits per heavy atom. The number of methoxy groups -OCH3 is 1. The minimum atomic E-state index is -0.309. The first-order chi connectivity index (χ1) is 11.1. The zero-order valence-corrected chi connectivity index (χ0v) is 13.6. The second kappa shape index (κ2) is 8.19. The first kappa shape index (κ1) is 16.8. The SMILES string of the molecule is CCOc1ccc(/C=N/NC(=O)c2ccc(Cl)cc2)cc1OC. The minimum absolute atomic E-state index is 0.309. The molecule has 0 aliphatic rings. The number of halogens is 1. The van der Waals surface area contributed by atoms with Crippen LogP contribution in [0, 0.1) is 0 Å². The van der Waals surface area contributed by atoms with Crippen LogP contribution in [0.25, 0.3) is 0 Å². The molecular weight excluding hydrogens is 316 g/mol. The van der Waals surface area contributed by atoms with Crippen molar-refractivity contribution in [2.24, 2.45) is 5.10 Å². The molecule has 0 aliphatic carbocycles. The molecule has 6 heteroatoms. The van der Waals surface area contributed by atoms with Gasteiger partial charge in [-0.3, -0.25) is 4.79 Å². The summed E-state index contributed by atoms with van der Waals surface area (Å²) in [7, 11) is 1.57. The lowest BCUT2D eigenvalue weighted by Crippen LogP contribution is -2.17. The van der Waals surface area contributed by atoms with Gasteiger partial charge in [0.25, 0.3) is 5.91 Å². The molecule has 0 spiro atoms. The molecule has 120 valence electrons. The van der Waals surface area contributed by atoms with E-state index in [1.165, 1.54) is 6.21 Å². The molecule has 0 atom stereocenters. The van der Waals surface area contributed by atoms with Gasteiger partial charge in [-0.25, -0.2) is 5.43 Å². The van der Waals surface area contributed by atoms with Crippen LogP contribution in [-0.2, 0) is 0 Å². The van der Waals surface area contributed by atoms with Crippen LogP contribution in [0.5, 0.6) is 11.5 Å². The Kier molecular flexibility index (Phi) is 6.00. The number of hydrogen-bond acceptors (Lipinski definition) is 4. The van der Waals surface area contributed by atoms with E-state index in [1.54, 1.807) is 43.5 Å². The van der Waals surface area contributed by atoms with Gasteiger partial charge < -0.3 is 9.47 Å². The van der Waals surface area contributed by atoms with Gasteiger partial charge in [-0.1, -0.05) is 11.6 Å². The van der Waals surface area contributed by atoms with Gasteiger partial charge in [0.15, 0.2) is 11.5 Å². The van der Waals surface area contributed by atoms with E-state index in [-0.39, 0.29) is 5.91 Å². The third kappa shape index (κ3) is 4.72. The van der Waals surface area contributed by atoms with E-state index in [0.717, 1.165) is 5.56 Å². The molecule has 0 aromatic heterocycles. The van der Waals surface area contributed by atoms with Crippen LogP contribution >= 0.6 is 11.6 Å². The largest absolute Gasteiger partial charge is 0.493 e. The molecular formula is C17H17ClN2O3. The monoisotopic (exact) mass is 332 g/mol. The Hall–Kier alpha value is -2.53. The molecule has 2 aromatic carbocycles. The van der Waals surface area contributed by atoms with Crippen molar-refractivity contribution in [2.45, 2.75) is 6.92 Å². The van der Waals surface area contributed by atoms with Crippen LogP contribution in [0.1, 0.15) is 22.8 Å². The van der Waals surface area contributed by atoms with Crippen LogP contribution in [0.3, 0.4) is 0 Å². The maximum Gasteiger partial charge on any atom is 0.271 e. The van der Waals surface area contributed by atoms with E-state index in [1.807, 2.05) is 13.0 Å². The van der Waals surface area contributed by atoms with Gasteiger partial charge in [0.2, 0.25) is 0 Å². The Morgan fingerprint density at radius 1 is 1.22 bits per heavy atom. The maximum absolute atomic E-state index is 11.9. The zero-order chi connectivity index (χ0) is 16.7. The molecule has 0 fully saturated rings. The number of ether oxygens (including phenoxy) is 2. The molecule has 0 radical (unpaired) electrons. The molecule has 23 heavy (non-hydrogen) atoms. The number of carbonyl (C=O) groups excluding carboxylic acids is 1. The Balaban J connectivity index is 2.02. The quantitative estimate of drug-likeness (QED) is 0.650. The fourth-order valence-corrected chi connectivity index (χ4v) is 2.00. The minimum Gasteiger partial charge on any atom is -0.493 e. The van der Waals surface area contributed by atoms with Crippen molar-refractivity contribution in [2.75, 3.05) is 13.7 Å². The van der Waals surface area contributed by atoms with Gasteiger partial charge in [-0.2, -0.15) is 5.10 Å². The predicted molar refractivity (Wildman–Crippen MR) is 90.7 cm³/mol. The topological polar surface area (TPSA) is 59.9 Å².